The molecule has 0 aromatic carbocycles. The first kappa shape index (κ1) is 11.4. The Morgan fingerprint density at radius 2 is 2.44 bits per heavy atom. The number of rotatable bonds is 3. The molecular formula is C13H21N3. The molecule has 2 heterocycles. The maximum Gasteiger partial charge on any atom is 0.126 e. The Bertz CT molecular complexity index is 338. The third-order valence-electron chi connectivity index (χ3n) is 3.22. The van der Waals surface area contributed by atoms with E-state index in [4.69, 9.17) is 0 Å². The lowest BCUT2D eigenvalue weighted by atomic mass is 10.1. The normalized spacial score (nSPS) is 22.0. The van der Waals surface area contributed by atoms with E-state index in [-0.39, 0.29) is 0 Å². The number of likely N-dealkylation sites (N-methyl/N-ethyl adjacent to an activating group) is 1. The fourth-order valence-corrected chi connectivity index (χ4v) is 2.28. The molecule has 0 spiro atoms. The molecule has 0 amide bonds. The summed E-state index contributed by atoms with van der Waals surface area (Å²) in [6, 6.07) is 4.71. The number of aromatic nitrogens is 1. The zero-order valence-electron chi connectivity index (χ0n) is 10.2. The van der Waals surface area contributed by atoms with Gasteiger partial charge in [-0.15, -0.1) is 0 Å². The van der Waals surface area contributed by atoms with Crippen LogP contribution in [0.15, 0.2) is 18.3 Å². The number of aryl methyl sites for hydroxylation is 1. The second kappa shape index (κ2) is 5.30. The summed E-state index contributed by atoms with van der Waals surface area (Å²) in [5.74, 6) is 1.02. The van der Waals surface area contributed by atoms with Crippen LogP contribution in [0.4, 0.5) is 5.82 Å². The SMILES string of the molecule is CCN1CCCC(Nc2cc(C)ccn2)C1. The second-order valence-electron chi connectivity index (χ2n) is 4.60. The van der Waals surface area contributed by atoms with Crippen LogP contribution in [0.1, 0.15) is 25.3 Å². The van der Waals surface area contributed by atoms with Crippen molar-refractivity contribution in [1.82, 2.24) is 9.88 Å². The van der Waals surface area contributed by atoms with Gasteiger partial charge in [0, 0.05) is 18.8 Å². The summed E-state index contributed by atoms with van der Waals surface area (Å²) in [5.41, 5.74) is 1.26. The number of anilines is 1. The number of likely N-dealkylation sites (tertiary alicyclic amines) is 1. The van der Waals surface area contributed by atoms with E-state index in [9.17, 15) is 0 Å². The molecule has 1 saturated heterocycles. The van der Waals surface area contributed by atoms with Crippen LogP contribution >= 0.6 is 0 Å². The monoisotopic (exact) mass is 219 g/mol. The van der Waals surface area contributed by atoms with Gasteiger partial charge in [0.05, 0.1) is 0 Å². The van der Waals surface area contributed by atoms with E-state index in [0.717, 1.165) is 18.9 Å². The van der Waals surface area contributed by atoms with Crippen LogP contribution in [-0.2, 0) is 0 Å². The average molecular weight is 219 g/mol. The van der Waals surface area contributed by atoms with Crippen LogP contribution in [0.25, 0.3) is 0 Å². The number of pyridine rings is 1. The Kier molecular flexibility index (Phi) is 3.78. The number of hydrogen-bond acceptors (Lipinski definition) is 3. The average Bonchev–Trinajstić information content (AvgIpc) is 2.29. The molecule has 1 N–H and O–H groups in total. The molecule has 1 aromatic rings. The maximum atomic E-state index is 4.35. The topological polar surface area (TPSA) is 28.2 Å². The van der Waals surface area contributed by atoms with Gasteiger partial charge in [0.25, 0.3) is 0 Å². The fraction of sp³-hybridized carbons (Fsp3) is 0.615. The van der Waals surface area contributed by atoms with Gasteiger partial charge in [0.2, 0.25) is 0 Å². The highest BCUT2D eigenvalue weighted by atomic mass is 15.2. The van der Waals surface area contributed by atoms with E-state index < -0.39 is 0 Å². The zero-order valence-corrected chi connectivity index (χ0v) is 10.2. The largest absolute Gasteiger partial charge is 0.366 e. The summed E-state index contributed by atoms with van der Waals surface area (Å²) in [7, 11) is 0. The van der Waals surface area contributed by atoms with Crippen molar-refractivity contribution in [1.29, 1.82) is 0 Å². The van der Waals surface area contributed by atoms with Gasteiger partial charge in [0.1, 0.15) is 5.82 Å². The molecule has 0 radical (unpaired) electrons. The Hall–Kier alpha value is -1.09. The molecule has 1 aromatic heterocycles. The molecule has 1 unspecified atom stereocenters. The standard InChI is InChI=1S/C13H21N3/c1-3-16-8-4-5-12(10-16)15-13-9-11(2)6-7-14-13/h6-7,9,12H,3-5,8,10H2,1-2H3,(H,14,15). The third-order valence-corrected chi connectivity index (χ3v) is 3.22. The Morgan fingerprint density at radius 3 is 3.19 bits per heavy atom. The van der Waals surface area contributed by atoms with Crippen molar-refractivity contribution in [2.24, 2.45) is 0 Å². The summed E-state index contributed by atoms with van der Waals surface area (Å²) in [4.78, 5) is 6.85. The van der Waals surface area contributed by atoms with Crippen LogP contribution in [0.3, 0.4) is 0 Å². The van der Waals surface area contributed by atoms with Crippen molar-refractivity contribution < 1.29 is 0 Å². The Morgan fingerprint density at radius 1 is 1.56 bits per heavy atom. The molecule has 3 nitrogen and oxygen atoms in total. The van der Waals surface area contributed by atoms with E-state index in [0.29, 0.717) is 6.04 Å². The van der Waals surface area contributed by atoms with Crippen molar-refractivity contribution in [3.8, 4) is 0 Å². The zero-order chi connectivity index (χ0) is 11.4. The van der Waals surface area contributed by atoms with Gasteiger partial charge in [-0.1, -0.05) is 6.92 Å². The lowest BCUT2D eigenvalue weighted by molar-refractivity contribution is 0.226. The quantitative estimate of drug-likeness (QED) is 0.845. The molecule has 0 aliphatic carbocycles. The van der Waals surface area contributed by atoms with E-state index in [1.165, 1.54) is 24.9 Å². The predicted molar refractivity (Wildman–Crippen MR) is 67.7 cm³/mol. The summed E-state index contributed by atoms with van der Waals surface area (Å²) < 4.78 is 0. The number of nitrogens with zero attached hydrogens (tertiary/aromatic N) is 2. The number of hydrogen-bond donors (Lipinski definition) is 1. The highest BCUT2D eigenvalue weighted by Crippen LogP contribution is 2.14. The Labute approximate surface area is 97.9 Å². The van der Waals surface area contributed by atoms with Gasteiger partial charge in [-0.25, -0.2) is 4.98 Å². The van der Waals surface area contributed by atoms with Crippen LogP contribution in [-0.4, -0.2) is 35.6 Å². The van der Waals surface area contributed by atoms with Crippen LogP contribution in [0.5, 0.6) is 0 Å². The third kappa shape index (κ3) is 2.95. The first-order valence-electron chi connectivity index (χ1n) is 6.19. The van der Waals surface area contributed by atoms with Crippen molar-refractivity contribution in [2.45, 2.75) is 32.7 Å². The van der Waals surface area contributed by atoms with Crippen LogP contribution in [0.2, 0.25) is 0 Å². The van der Waals surface area contributed by atoms with Crippen molar-refractivity contribution >= 4 is 5.82 Å². The molecule has 1 fully saturated rings. The number of nitrogens with one attached hydrogen (secondary N) is 1. The molecule has 88 valence electrons. The van der Waals surface area contributed by atoms with Gasteiger partial charge >= 0.3 is 0 Å². The van der Waals surface area contributed by atoms with Gasteiger partial charge in [-0.05, 0) is 50.6 Å². The molecular weight excluding hydrogens is 198 g/mol. The summed E-state index contributed by atoms with van der Waals surface area (Å²) in [6.07, 6.45) is 4.42. The van der Waals surface area contributed by atoms with Crippen molar-refractivity contribution in [3.05, 3.63) is 23.9 Å². The minimum Gasteiger partial charge on any atom is -0.366 e. The highest BCUT2D eigenvalue weighted by molar-refractivity contribution is 5.38. The maximum absolute atomic E-state index is 4.35. The van der Waals surface area contributed by atoms with E-state index >= 15 is 0 Å². The van der Waals surface area contributed by atoms with Crippen molar-refractivity contribution in [2.75, 3.05) is 25.0 Å². The first-order chi connectivity index (χ1) is 7.78. The summed E-state index contributed by atoms with van der Waals surface area (Å²) in [5, 5.41) is 3.53. The van der Waals surface area contributed by atoms with Crippen molar-refractivity contribution in [3.63, 3.8) is 0 Å². The number of piperidine rings is 1. The highest BCUT2D eigenvalue weighted by Gasteiger charge is 2.18. The van der Waals surface area contributed by atoms with Crippen LogP contribution < -0.4 is 5.32 Å². The van der Waals surface area contributed by atoms with E-state index in [2.05, 4.69) is 35.1 Å². The Balaban J connectivity index is 1.94. The molecule has 1 aliphatic rings. The lowest BCUT2D eigenvalue weighted by Crippen LogP contribution is -2.41. The van der Waals surface area contributed by atoms with Gasteiger partial charge < -0.3 is 10.2 Å². The molecule has 2 rings (SSSR count). The van der Waals surface area contributed by atoms with E-state index in [1.807, 2.05) is 12.3 Å². The molecule has 3 heteroatoms. The fourth-order valence-electron chi connectivity index (χ4n) is 2.28. The first-order valence-corrected chi connectivity index (χ1v) is 6.19. The van der Waals surface area contributed by atoms with Gasteiger partial charge in [0.15, 0.2) is 0 Å². The minimum atomic E-state index is 0.558. The molecule has 0 bridgehead atoms. The predicted octanol–water partition coefficient (Wildman–Crippen LogP) is 2.29. The second-order valence-corrected chi connectivity index (χ2v) is 4.60. The summed E-state index contributed by atoms with van der Waals surface area (Å²) >= 11 is 0. The minimum absolute atomic E-state index is 0.558. The molecule has 16 heavy (non-hydrogen) atoms. The summed E-state index contributed by atoms with van der Waals surface area (Å²) in [6.45, 7) is 7.88. The smallest absolute Gasteiger partial charge is 0.126 e. The van der Waals surface area contributed by atoms with Crippen LogP contribution in [0, 0.1) is 6.92 Å². The lowest BCUT2D eigenvalue weighted by Gasteiger charge is -2.32. The van der Waals surface area contributed by atoms with E-state index in [1.54, 1.807) is 0 Å². The van der Waals surface area contributed by atoms with Gasteiger partial charge in [-0.3, -0.25) is 0 Å². The van der Waals surface area contributed by atoms with Gasteiger partial charge in [-0.2, -0.15) is 0 Å². The molecule has 1 atom stereocenters. The molecule has 0 saturated carbocycles. The molecule has 1 aliphatic heterocycles.